The van der Waals surface area contributed by atoms with Crippen molar-refractivity contribution in [2.75, 3.05) is 0 Å². The first-order valence-electron chi connectivity index (χ1n) is 13.6. The van der Waals surface area contributed by atoms with Crippen LogP contribution in [0.25, 0.3) is 0 Å². The standard InChI is InChI=1S/C28H48N2/c1-3-5-7-8-10-12-24-13-17-25(18-14-24)27-21-29-28(30-22-27)26-19-15-23(16-20-26)11-9-6-4-2/h21-26H,3-20H2,1-2H3/t23-,24-,25-,26-. The fourth-order valence-electron chi connectivity index (χ4n) is 5.98. The Labute approximate surface area is 187 Å². The van der Waals surface area contributed by atoms with Gasteiger partial charge >= 0.3 is 0 Å². The molecule has 1 aromatic rings. The summed E-state index contributed by atoms with van der Waals surface area (Å²) in [5.74, 6) is 4.41. The Morgan fingerprint density at radius 1 is 0.600 bits per heavy atom. The molecule has 0 saturated heterocycles. The number of nitrogens with zero attached hydrogens (tertiary/aromatic N) is 2. The van der Waals surface area contributed by atoms with Crippen molar-refractivity contribution < 1.29 is 0 Å². The Morgan fingerprint density at radius 3 is 1.63 bits per heavy atom. The topological polar surface area (TPSA) is 25.8 Å². The summed E-state index contributed by atoms with van der Waals surface area (Å²) in [4.78, 5) is 9.73. The van der Waals surface area contributed by atoms with E-state index in [-0.39, 0.29) is 0 Å². The molecule has 1 aromatic heterocycles. The fourth-order valence-corrected chi connectivity index (χ4v) is 5.98. The van der Waals surface area contributed by atoms with Crippen LogP contribution in [0.5, 0.6) is 0 Å². The van der Waals surface area contributed by atoms with Crippen molar-refractivity contribution in [3.8, 4) is 0 Å². The molecule has 2 aliphatic carbocycles. The molecule has 2 heteroatoms. The van der Waals surface area contributed by atoms with Crippen LogP contribution in [0.1, 0.15) is 153 Å². The summed E-state index contributed by atoms with van der Waals surface area (Å²) in [5.41, 5.74) is 1.41. The van der Waals surface area contributed by atoms with E-state index in [4.69, 9.17) is 9.97 Å². The van der Waals surface area contributed by atoms with Gasteiger partial charge in [0.15, 0.2) is 0 Å². The number of unbranched alkanes of at least 4 members (excludes halogenated alkanes) is 6. The molecular formula is C28H48N2. The smallest absolute Gasteiger partial charge is 0.131 e. The molecule has 1 heterocycles. The minimum absolute atomic E-state index is 0.616. The molecule has 170 valence electrons. The molecule has 0 aromatic carbocycles. The lowest BCUT2D eigenvalue weighted by molar-refractivity contribution is 0.295. The van der Waals surface area contributed by atoms with Crippen molar-refractivity contribution in [1.29, 1.82) is 0 Å². The molecule has 2 nitrogen and oxygen atoms in total. The average Bonchev–Trinajstić information content (AvgIpc) is 2.80. The summed E-state index contributed by atoms with van der Waals surface area (Å²) in [6.07, 6.45) is 29.5. The third-order valence-corrected chi connectivity index (χ3v) is 8.15. The van der Waals surface area contributed by atoms with Crippen molar-refractivity contribution in [3.05, 3.63) is 23.8 Å². The number of hydrogen-bond acceptors (Lipinski definition) is 2. The van der Waals surface area contributed by atoms with E-state index >= 15 is 0 Å². The van der Waals surface area contributed by atoms with Gasteiger partial charge in [-0.1, -0.05) is 78.1 Å². The van der Waals surface area contributed by atoms with E-state index in [0.717, 1.165) is 17.7 Å². The molecule has 3 rings (SSSR count). The Bertz CT molecular complexity index is 551. The monoisotopic (exact) mass is 412 g/mol. The second-order valence-corrected chi connectivity index (χ2v) is 10.5. The highest BCUT2D eigenvalue weighted by Crippen LogP contribution is 2.39. The largest absolute Gasteiger partial charge is 0.241 e. The van der Waals surface area contributed by atoms with Gasteiger partial charge in [-0.15, -0.1) is 0 Å². The van der Waals surface area contributed by atoms with Crippen molar-refractivity contribution in [2.24, 2.45) is 11.8 Å². The van der Waals surface area contributed by atoms with Gasteiger partial charge in [-0.3, -0.25) is 0 Å². The SMILES string of the molecule is CCCCCCC[C@H]1CC[C@H](c2cnc([C@H]3CC[C@H](CCCCC)CC3)nc2)CC1. The van der Waals surface area contributed by atoms with Gasteiger partial charge in [0.1, 0.15) is 5.82 Å². The molecule has 0 unspecified atom stereocenters. The van der Waals surface area contributed by atoms with Gasteiger partial charge in [-0.25, -0.2) is 9.97 Å². The third-order valence-electron chi connectivity index (χ3n) is 8.15. The molecule has 0 aliphatic heterocycles. The summed E-state index contributed by atoms with van der Waals surface area (Å²) in [7, 11) is 0. The summed E-state index contributed by atoms with van der Waals surface area (Å²) in [6, 6.07) is 0. The minimum atomic E-state index is 0.616. The van der Waals surface area contributed by atoms with Gasteiger partial charge in [-0.2, -0.15) is 0 Å². The van der Waals surface area contributed by atoms with Gasteiger partial charge in [0.05, 0.1) is 0 Å². The zero-order valence-corrected chi connectivity index (χ0v) is 20.1. The van der Waals surface area contributed by atoms with Crippen LogP contribution < -0.4 is 0 Å². The van der Waals surface area contributed by atoms with E-state index in [1.807, 2.05) is 0 Å². The normalized spacial score (nSPS) is 27.3. The van der Waals surface area contributed by atoms with Gasteiger partial charge < -0.3 is 0 Å². The van der Waals surface area contributed by atoms with E-state index in [1.165, 1.54) is 121 Å². The first kappa shape index (κ1) is 23.7. The lowest BCUT2D eigenvalue weighted by atomic mass is 9.77. The van der Waals surface area contributed by atoms with E-state index in [0.29, 0.717) is 11.8 Å². The molecule has 0 amide bonds. The zero-order valence-electron chi connectivity index (χ0n) is 20.1. The molecule has 0 atom stereocenters. The highest BCUT2D eigenvalue weighted by molar-refractivity contribution is 5.14. The minimum Gasteiger partial charge on any atom is -0.241 e. The molecule has 0 N–H and O–H groups in total. The fraction of sp³-hybridized carbons (Fsp3) is 0.857. The molecule has 30 heavy (non-hydrogen) atoms. The second kappa shape index (κ2) is 13.5. The maximum absolute atomic E-state index is 4.86. The lowest BCUT2D eigenvalue weighted by Crippen LogP contribution is -2.17. The van der Waals surface area contributed by atoms with Gasteiger partial charge in [0.2, 0.25) is 0 Å². The summed E-state index contributed by atoms with van der Waals surface area (Å²) in [5, 5.41) is 0. The number of rotatable bonds is 12. The number of aromatic nitrogens is 2. The van der Waals surface area contributed by atoms with Crippen molar-refractivity contribution >= 4 is 0 Å². The predicted octanol–water partition coefficient (Wildman–Crippen LogP) is 8.97. The second-order valence-electron chi connectivity index (χ2n) is 10.5. The van der Waals surface area contributed by atoms with Crippen LogP contribution in [0.15, 0.2) is 12.4 Å². The maximum Gasteiger partial charge on any atom is 0.131 e. The van der Waals surface area contributed by atoms with E-state index < -0.39 is 0 Å². The van der Waals surface area contributed by atoms with Gasteiger partial charge in [0.25, 0.3) is 0 Å². The lowest BCUT2D eigenvalue weighted by Gasteiger charge is -2.29. The molecule has 2 fully saturated rings. The van der Waals surface area contributed by atoms with E-state index in [1.54, 1.807) is 0 Å². The quantitative estimate of drug-likeness (QED) is 0.320. The summed E-state index contributed by atoms with van der Waals surface area (Å²) < 4.78 is 0. The van der Waals surface area contributed by atoms with Crippen LogP contribution in [-0.4, -0.2) is 9.97 Å². The zero-order chi connectivity index (χ0) is 21.0. The summed E-state index contributed by atoms with van der Waals surface area (Å²) >= 11 is 0. The Hall–Kier alpha value is -0.920. The number of hydrogen-bond donors (Lipinski definition) is 0. The van der Waals surface area contributed by atoms with Gasteiger partial charge in [-0.05, 0) is 74.7 Å². The third kappa shape index (κ3) is 7.65. The Balaban J connectivity index is 1.36. The molecule has 0 radical (unpaired) electrons. The molecule has 2 aliphatic rings. The van der Waals surface area contributed by atoms with Crippen molar-refractivity contribution in [3.63, 3.8) is 0 Å². The highest BCUT2D eigenvalue weighted by atomic mass is 14.9. The Kier molecular flexibility index (Phi) is 10.7. The molecule has 2 saturated carbocycles. The van der Waals surface area contributed by atoms with Crippen LogP contribution in [0.4, 0.5) is 0 Å². The van der Waals surface area contributed by atoms with Crippen molar-refractivity contribution in [2.45, 2.75) is 141 Å². The average molecular weight is 413 g/mol. The Morgan fingerprint density at radius 2 is 1.07 bits per heavy atom. The first-order valence-corrected chi connectivity index (χ1v) is 13.6. The van der Waals surface area contributed by atoms with Crippen molar-refractivity contribution in [1.82, 2.24) is 9.97 Å². The molecular weight excluding hydrogens is 364 g/mol. The summed E-state index contributed by atoms with van der Waals surface area (Å²) in [6.45, 7) is 4.61. The van der Waals surface area contributed by atoms with Crippen LogP contribution in [-0.2, 0) is 0 Å². The van der Waals surface area contributed by atoms with Gasteiger partial charge in [0, 0.05) is 18.3 Å². The van der Waals surface area contributed by atoms with Crippen LogP contribution in [0, 0.1) is 11.8 Å². The highest BCUT2D eigenvalue weighted by Gasteiger charge is 2.25. The molecule has 0 spiro atoms. The first-order chi connectivity index (χ1) is 14.8. The maximum atomic E-state index is 4.86. The van der Waals surface area contributed by atoms with Crippen LogP contribution in [0.2, 0.25) is 0 Å². The molecule has 0 bridgehead atoms. The van der Waals surface area contributed by atoms with Crippen LogP contribution >= 0.6 is 0 Å². The van der Waals surface area contributed by atoms with Crippen LogP contribution in [0.3, 0.4) is 0 Å². The van der Waals surface area contributed by atoms with E-state index in [2.05, 4.69) is 26.2 Å². The van der Waals surface area contributed by atoms with E-state index in [9.17, 15) is 0 Å². The predicted molar refractivity (Wildman–Crippen MR) is 129 cm³/mol.